The molecule has 1 heterocycles. The molecule has 2 rings (SSSR count). The lowest BCUT2D eigenvalue weighted by Crippen LogP contribution is -2.49. The average molecular weight is 240 g/mol. The largest absolute Gasteiger partial charge is 0.379 e. The quantitative estimate of drug-likeness (QED) is 0.758. The second kappa shape index (κ2) is 5.83. The van der Waals surface area contributed by atoms with Crippen LogP contribution in [-0.4, -0.2) is 31.2 Å². The summed E-state index contributed by atoms with van der Waals surface area (Å²) in [5.74, 6) is 0.758. The first-order valence-corrected chi connectivity index (χ1v) is 6.80. The molecule has 2 aliphatic rings. The molecule has 1 amide bonds. The number of hydrogen-bond donors (Lipinski definition) is 2. The molecule has 98 valence electrons. The maximum Gasteiger partial charge on any atom is 0.224 e. The Hall–Kier alpha value is -0.610. The van der Waals surface area contributed by atoms with Gasteiger partial charge in [0.2, 0.25) is 5.91 Å². The Labute approximate surface area is 103 Å². The summed E-state index contributed by atoms with van der Waals surface area (Å²) in [5.41, 5.74) is 6.06. The van der Waals surface area contributed by atoms with Gasteiger partial charge in [-0.05, 0) is 38.0 Å². The van der Waals surface area contributed by atoms with Gasteiger partial charge in [0.25, 0.3) is 0 Å². The minimum atomic E-state index is 0.000626. The molecule has 0 spiro atoms. The van der Waals surface area contributed by atoms with Gasteiger partial charge in [0.1, 0.15) is 0 Å². The van der Waals surface area contributed by atoms with Crippen molar-refractivity contribution in [1.82, 2.24) is 5.32 Å². The van der Waals surface area contributed by atoms with Gasteiger partial charge in [-0.3, -0.25) is 4.79 Å². The summed E-state index contributed by atoms with van der Waals surface area (Å²) in [6.07, 6.45) is 5.12. The Morgan fingerprint density at radius 3 is 2.88 bits per heavy atom. The molecule has 4 unspecified atom stereocenters. The van der Waals surface area contributed by atoms with Crippen molar-refractivity contribution in [1.29, 1.82) is 0 Å². The van der Waals surface area contributed by atoms with Crippen molar-refractivity contribution in [3.63, 3.8) is 0 Å². The Bertz CT molecular complexity index is 264. The zero-order chi connectivity index (χ0) is 12.3. The Morgan fingerprint density at radius 2 is 2.18 bits per heavy atom. The van der Waals surface area contributed by atoms with E-state index in [1.165, 1.54) is 0 Å². The number of rotatable bonds is 2. The third kappa shape index (κ3) is 3.42. The fraction of sp³-hybridized carbons (Fsp3) is 0.923. The van der Waals surface area contributed by atoms with Gasteiger partial charge in [-0.1, -0.05) is 6.92 Å². The fourth-order valence-electron chi connectivity index (χ4n) is 2.87. The van der Waals surface area contributed by atoms with Crippen LogP contribution >= 0.6 is 0 Å². The standard InChI is InChI=1S/C13H24N2O2/c1-9-4-5-12(14)11(7-9)13(16)15-10-3-2-6-17-8-10/h9-12H,2-8,14H2,1H3,(H,15,16). The second-order valence-electron chi connectivity index (χ2n) is 5.61. The predicted molar refractivity (Wildman–Crippen MR) is 66.5 cm³/mol. The van der Waals surface area contributed by atoms with Crippen molar-refractivity contribution >= 4 is 5.91 Å². The Balaban J connectivity index is 1.85. The smallest absolute Gasteiger partial charge is 0.224 e. The molecule has 0 bridgehead atoms. The zero-order valence-electron chi connectivity index (χ0n) is 10.7. The summed E-state index contributed by atoms with van der Waals surface area (Å²) in [4.78, 5) is 12.2. The summed E-state index contributed by atoms with van der Waals surface area (Å²) in [6, 6.07) is 0.233. The van der Waals surface area contributed by atoms with E-state index in [4.69, 9.17) is 10.5 Å². The molecule has 1 saturated heterocycles. The van der Waals surface area contributed by atoms with Crippen molar-refractivity contribution in [3.8, 4) is 0 Å². The highest BCUT2D eigenvalue weighted by Crippen LogP contribution is 2.28. The topological polar surface area (TPSA) is 64.4 Å². The molecule has 4 atom stereocenters. The van der Waals surface area contributed by atoms with E-state index in [9.17, 15) is 4.79 Å². The van der Waals surface area contributed by atoms with Crippen LogP contribution in [0.25, 0.3) is 0 Å². The number of carbonyl (C=O) groups is 1. The molecule has 0 aromatic heterocycles. The third-order valence-corrected chi connectivity index (χ3v) is 4.01. The molecule has 0 aromatic rings. The van der Waals surface area contributed by atoms with Gasteiger partial charge >= 0.3 is 0 Å². The monoisotopic (exact) mass is 240 g/mol. The van der Waals surface area contributed by atoms with Crippen LogP contribution in [0.5, 0.6) is 0 Å². The van der Waals surface area contributed by atoms with E-state index in [2.05, 4.69) is 12.2 Å². The lowest BCUT2D eigenvalue weighted by molar-refractivity contribution is -0.128. The summed E-state index contributed by atoms with van der Waals surface area (Å²) >= 11 is 0. The lowest BCUT2D eigenvalue weighted by atomic mass is 9.78. The first kappa shape index (κ1) is 12.8. The Kier molecular flexibility index (Phi) is 4.40. The molecule has 17 heavy (non-hydrogen) atoms. The van der Waals surface area contributed by atoms with Crippen LogP contribution in [0.3, 0.4) is 0 Å². The van der Waals surface area contributed by atoms with Gasteiger partial charge in [0.05, 0.1) is 18.6 Å². The van der Waals surface area contributed by atoms with E-state index in [0.29, 0.717) is 12.5 Å². The van der Waals surface area contributed by atoms with E-state index in [-0.39, 0.29) is 23.9 Å². The number of nitrogens with one attached hydrogen (secondary N) is 1. The molecule has 2 fully saturated rings. The van der Waals surface area contributed by atoms with Gasteiger partial charge in [-0.25, -0.2) is 0 Å². The average Bonchev–Trinajstić information content (AvgIpc) is 2.33. The minimum Gasteiger partial charge on any atom is -0.379 e. The van der Waals surface area contributed by atoms with Crippen LogP contribution in [0.2, 0.25) is 0 Å². The van der Waals surface area contributed by atoms with Crippen LogP contribution in [0.1, 0.15) is 39.0 Å². The zero-order valence-corrected chi connectivity index (χ0v) is 10.7. The van der Waals surface area contributed by atoms with Gasteiger partial charge in [0.15, 0.2) is 0 Å². The van der Waals surface area contributed by atoms with Crippen LogP contribution in [0.4, 0.5) is 0 Å². The van der Waals surface area contributed by atoms with Crippen molar-refractivity contribution in [2.45, 2.75) is 51.1 Å². The molecule has 1 aliphatic heterocycles. The van der Waals surface area contributed by atoms with E-state index >= 15 is 0 Å². The summed E-state index contributed by atoms with van der Waals surface area (Å²) in [7, 11) is 0. The summed E-state index contributed by atoms with van der Waals surface area (Å²) < 4.78 is 5.37. The van der Waals surface area contributed by atoms with Crippen LogP contribution in [0.15, 0.2) is 0 Å². The van der Waals surface area contributed by atoms with Crippen LogP contribution < -0.4 is 11.1 Å². The van der Waals surface area contributed by atoms with E-state index in [0.717, 1.165) is 38.7 Å². The molecule has 1 saturated carbocycles. The summed E-state index contributed by atoms with van der Waals surface area (Å²) in [6.45, 7) is 3.69. The third-order valence-electron chi connectivity index (χ3n) is 4.01. The molecule has 1 aliphatic carbocycles. The minimum absolute atomic E-state index is 0.000626. The van der Waals surface area contributed by atoms with Crippen LogP contribution in [-0.2, 0) is 9.53 Å². The van der Waals surface area contributed by atoms with Gasteiger partial charge < -0.3 is 15.8 Å². The molecule has 4 heteroatoms. The van der Waals surface area contributed by atoms with E-state index in [1.807, 2.05) is 0 Å². The SMILES string of the molecule is CC1CCC(N)C(C(=O)NC2CCCOC2)C1. The normalized spacial score (nSPS) is 38.7. The van der Waals surface area contributed by atoms with E-state index < -0.39 is 0 Å². The maximum atomic E-state index is 12.2. The first-order valence-electron chi connectivity index (χ1n) is 6.80. The molecule has 4 nitrogen and oxygen atoms in total. The molecular weight excluding hydrogens is 216 g/mol. The summed E-state index contributed by atoms with van der Waals surface area (Å²) in [5, 5.41) is 3.10. The van der Waals surface area contributed by atoms with Gasteiger partial charge in [-0.15, -0.1) is 0 Å². The van der Waals surface area contributed by atoms with Gasteiger partial charge in [0, 0.05) is 12.6 Å². The molecular formula is C13H24N2O2. The van der Waals surface area contributed by atoms with E-state index in [1.54, 1.807) is 0 Å². The maximum absolute atomic E-state index is 12.2. The van der Waals surface area contributed by atoms with Crippen LogP contribution in [0, 0.1) is 11.8 Å². The lowest BCUT2D eigenvalue weighted by Gasteiger charge is -2.33. The van der Waals surface area contributed by atoms with Crippen molar-refractivity contribution in [2.24, 2.45) is 17.6 Å². The number of ether oxygens (including phenoxy) is 1. The predicted octanol–water partition coefficient (Wildman–Crippen LogP) is 1.05. The number of carbonyl (C=O) groups excluding carboxylic acids is 1. The van der Waals surface area contributed by atoms with Gasteiger partial charge in [-0.2, -0.15) is 0 Å². The number of hydrogen-bond acceptors (Lipinski definition) is 3. The molecule has 3 N–H and O–H groups in total. The number of nitrogens with two attached hydrogens (primary N) is 1. The van der Waals surface area contributed by atoms with Crippen molar-refractivity contribution in [3.05, 3.63) is 0 Å². The fourth-order valence-corrected chi connectivity index (χ4v) is 2.87. The Morgan fingerprint density at radius 1 is 1.35 bits per heavy atom. The number of amides is 1. The highest BCUT2D eigenvalue weighted by Gasteiger charge is 2.32. The first-order chi connectivity index (χ1) is 8.16. The molecule has 0 aromatic carbocycles. The molecule has 0 radical (unpaired) electrons. The second-order valence-corrected chi connectivity index (χ2v) is 5.61. The highest BCUT2D eigenvalue weighted by atomic mass is 16.5. The van der Waals surface area contributed by atoms with Crippen molar-refractivity contribution < 1.29 is 9.53 Å². The highest BCUT2D eigenvalue weighted by molar-refractivity contribution is 5.79. The van der Waals surface area contributed by atoms with Crippen molar-refractivity contribution in [2.75, 3.05) is 13.2 Å².